The van der Waals surface area contributed by atoms with Gasteiger partial charge in [0.2, 0.25) is 0 Å². The van der Waals surface area contributed by atoms with Crippen LogP contribution >= 0.6 is 0 Å². The maximum atomic E-state index is 10.0. The van der Waals surface area contributed by atoms with E-state index in [9.17, 15) is 4.79 Å². The lowest BCUT2D eigenvalue weighted by molar-refractivity contribution is -0.139. The fourth-order valence-electron chi connectivity index (χ4n) is 0.686. The van der Waals surface area contributed by atoms with Crippen LogP contribution < -0.4 is 5.73 Å². The van der Waals surface area contributed by atoms with Crippen molar-refractivity contribution in [2.24, 2.45) is 11.7 Å². The fraction of sp³-hybridized carbons (Fsp3) is 0.727. The summed E-state index contributed by atoms with van der Waals surface area (Å²) in [5, 5.41) is 16.5. The van der Waals surface area contributed by atoms with E-state index in [-0.39, 0.29) is 5.92 Å². The number of carboxylic acids is 1. The number of nitrogens with two attached hydrogens (primary N) is 1. The zero-order chi connectivity index (χ0) is 12.3. The number of allylic oxidation sites excluding steroid dienone is 1. The Labute approximate surface area is 91.8 Å². The average molecular weight is 217 g/mol. The first-order chi connectivity index (χ1) is 6.97. The molecule has 0 heterocycles. The predicted octanol–water partition coefficient (Wildman–Crippen LogP) is 1.39. The lowest BCUT2D eigenvalue weighted by Gasteiger charge is -2.07. The first kappa shape index (κ1) is 16.6. The summed E-state index contributed by atoms with van der Waals surface area (Å²) in [7, 11) is 0. The van der Waals surface area contributed by atoms with Crippen molar-refractivity contribution in [1.82, 2.24) is 0 Å². The van der Waals surface area contributed by atoms with Crippen LogP contribution in [0.4, 0.5) is 0 Å². The second-order valence-electron chi connectivity index (χ2n) is 3.62. The molecule has 4 N–H and O–H groups in total. The van der Waals surface area contributed by atoms with E-state index in [1.165, 1.54) is 0 Å². The molecule has 4 nitrogen and oxygen atoms in total. The second-order valence-corrected chi connectivity index (χ2v) is 3.62. The number of hydrogen-bond acceptors (Lipinski definition) is 3. The van der Waals surface area contributed by atoms with Gasteiger partial charge in [-0.15, -0.1) is 6.58 Å². The van der Waals surface area contributed by atoms with Gasteiger partial charge in [-0.05, 0) is 25.2 Å². The molecule has 0 spiro atoms. The molecule has 1 atom stereocenters. The Morgan fingerprint density at radius 1 is 1.47 bits per heavy atom. The number of hydrogen-bond donors (Lipinski definition) is 3. The minimum absolute atomic E-state index is 0.0208. The Hall–Kier alpha value is -0.870. The predicted molar refractivity (Wildman–Crippen MR) is 61.6 cm³/mol. The highest BCUT2D eigenvalue weighted by Gasteiger charge is 2.14. The minimum Gasteiger partial charge on any atom is -0.480 e. The smallest absolute Gasteiger partial charge is 0.320 e. The molecule has 0 aliphatic carbocycles. The summed E-state index contributed by atoms with van der Waals surface area (Å²) in [5.74, 6) is -0.910. The van der Waals surface area contributed by atoms with Crippen LogP contribution in [0.5, 0.6) is 0 Å². The molecule has 0 amide bonds. The van der Waals surface area contributed by atoms with Crippen LogP contribution in [0.15, 0.2) is 12.7 Å². The third-order valence-corrected chi connectivity index (χ3v) is 1.82. The molecule has 0 unspecified atom stereocenters. The van der Waals surface area contributed by atoms with Gasteiger partial charge in [0.05, 0.1) is 0 Å². The number of carbonyl (C=O) groups is 1. The van der Waals surface area contributed by atoms with E-state index >= 15 is 0 Å². The van der Waals surface area contributed by atoms with E-state index in [1.807, 2.05) is 6.08 Å². The van der Waals surface area contributed by atoms with Crippen molar-refractivity contribution in [1.29, 1.82) is 0 Å². The van der Waals surface area contributed by atoms with Gasteiger partial charge in [0.1, 0.15) is 6.04 Å². The van der Waals surface area contributed by atoms with Crippen molar-refractivity contribution in [3.63, 3.8) is 0 Å². The maximum absolute atomic E-state index is 10.0. The van der Waals surface area contributed by atoms with Gasteiger partial charge < -0.3 is 15.9 Å². The summed E-state index contributed by atoms with van der Waals surface area (Å²) in [5.41, 5.74) is 5.16. The minimum atomic E-state index is -0.931. The van der Waals surface area contributed by atoms with Gasteiger partial charge in [0.15, 0.2) is 0 Å². The quantitative estimate of drug-likeness (QED) is 0.463. The monoisotopic (exact) mass is 217 g/mol. The Bertz CT molecular complexity index is 169. The SMILES string of the molecule is C=CCCCCO.CC(C)[C@H](N)C(=O)O. The Morgan fingerprint density at radius 3 is 2.20 bits per heavy atom. The van der Waals surface area contributed by atoms with Gasteiger partial charge in [-0.2, -0.15) is 0 Å². The van der Waals surface area contributed by atoms with Crippen LogP contribution in [0.25, 0.3) is 0 Å². The summed E-state index contributed by atoms with van der Waals surface area (Å²) >= 11 is 0. The molecular formula is C11H23NO3. The van der Waals surface area contributed by atoms with Gasteiger partial charge >= 0.3 is 5.97 Å². The first-order valence-electron chi connectivity index (χ1n) is 5.17. The maximum Gasteiger partial charge on any atom is 0.320 e. The molecule has 90 valence electrons. The summed E-state index contributed by atoms with van der Waals surface area (Å²) in [4.78, 5) is 10.0. The average Bonchev–Trinajstić information content (AvgIpc) is 2.18. The summed E-state index contributed by atoms with van der Waals surface area (Å²) in [6, 6.07) is -0.713. The third-order valence-electron chi connectivity index (χ3n) is 1.82. The van der Waals surface area contributed by atoms with Crippen LogP contribution in [-0.4, -0.2) is 28.8 Å². The lowest BCUT2D eigenvalue weighted by atomic mass is 10.1. The number of aliphatic hydroxyl groups excluding tert-OH is 1. The molecule has 0 aromatic rings. The summed E-state index contributed by atoms with van der Waals surface area (Å²) < 4.78 is 0. The molecular weight excluding hydrogens is 194 g/mol. The van der Waals surface area contributed by atoms with Crippen molar-refractivity contribution in [2.45, 2.75) is 39.2 Å². The molecule has 4 heteroatoms. The van der Waals surface area contributed by atoms with Crippen LogP contribution in [0.2, 0.25) is 0 Å². The number of carboxylic acid groups (broad SMARTS) is 1. The van der Waals surface area contributed by atoms with Gasteiger partial charge in [0, 0.05) is 6.61 Å². The molecule has 15 heavy (non-hydrogen) atoms. The Balaban J connectivity index is 0. The molecule has 0 aromatic heterocycles. The molecule has 0 saturated heterocycles. The van der Waals surface area contributed by atoms with E-state index in [4.69, 9.17) is 15.9 Å². The molecule has 0 saturated carbocycles. The molecule has 0 aromatic carbocycles. The Kier molecular flexibility index (Phi) is 12.4. The first-order valence-corrected chi connectivity index (χ1v) is 5.17. The normalized spacial score (nSPS) is 11.5. The number of aliphatic carboxylic acids is 1. The van der Waals surface area contributed by atoms with E-state index < -0.39 is 12.0 Å². The van der Waals surface area contributed by atoms with Crippen molar-refractivity contribution in [3.8, 4) is 0 Å². The highest BCUT2D eigenvalue weighted by molar-refractivity contribution is 5.73. The molecule has 0 aliphatic heterocycles. The lowest BCUT2D eigenvalue weighted by Crippen LogP contribution is -2.34. The largest absolute Gasteiger partial charge is 0.480 e. The van der Waals surface area contributed by atoms with Gasteiger partial charge in [-0.3, -0.25) is 4.79 Å². The van der Waals surface area contributed by atoms with Gasteiger partial charge in [-0.25, -0.2) is 0 Å². The highest BCUT2D eigenvalue weighted by Crippen LogP contribution is 1.96. The van der Waals surface area contributed by atoms with Crippen molar-refractivity contribution < 1.29 is 15.0 Å². The molecule has 0 rings (SSSR count). The van der Waals surface area contributed by atoms with E-state index in [2.05, 4.69) is 6.58 Å². The highest BCUT2D eigenvalue weighted by atomic mass is 16.4. The van der Waals surface area contributed by atoms with Crippen LogP contribution in [0, 0.1) is 5.92 Å². The van der Waals surface area contributed by atoms with Gasteiger partial charge in [-0.1, -0.05) is 19.9 Å². The van der Waals surface area contributed by atoms with Gasteiger partial charge in [0.25, 0.3) is 0 Å². The standard InChI is InChI=1S/C6H12O.C5H11NO2/c1-2-3-4-5-6-7;1-3(2)4(6)5(7)8/h2,7H,1,3-6H2;3-4H,6H2,1-2H3,(H,7,8)/t;4-/m.0/s1. The molecule has 0 fully saturated rings. The van der Waals surface area contributed by atoms with E-state index in [1.54, 1.807) is 13.8 Å². The zero-order valence-corrected chi connectivity index (χ0v) is 9.65. The molecule has 0 bridgehead atoms. The van der Waals surface area contributed by atoms with E-state index in [0.717, 1.165) is 19.3 Å². The summed E-state index contributed by atoms with van der Waals surface area (Å²) in [6.07, 6.45) is 4.88. The number of unbranched alkanes of at least 4 members (excludes halogenated alkanes) is 2. The zero-order valence-electron chi connectivity index (χ0n) is 9.65. The number of aliphatic hydroxyl groups is 1. The van der Waals surface area contributed by atoms with Crippen molar-refractivity contribution in [3.05, 3.63) is 12.7 Å². The van der Waals surface area contributed by atoms with Crippen LogP contribution in [-0.2, 0) is 4.79 Å². The number of rotatable bonds is 6. The van der Waals surface area contributed by atoms with Crippen LogP contribution in [0.3, 0.4) is 0 Å². The molecule has 0 aliphatic rings. The second kappa shape index (κ2) is 11.2. The van der Waals surface area contributed by atoms with Crippen LogP contribution in [0.1, 0.15) is 33.1 Å². The fourth-order valence-corrected chi connectivity index (χ4v) is 0.686. The Morgan fingerprint density at radius 2 is 2.00 bits per heavy atom. The van der Waals surface area contributed by atoms with Crippen molar-refractivity contribution >= 4 is 5.97 Å². The van der Waals surface area contributed by atoms with E-state index in [0.29, 0.717) is 6.61 Å². The molecule has 0 radical (unpaired) electrons. The topological polar surface area (TPSA) is 83.5 Å². The third kappa shape index (κ3) is 13.1. The van der Waals surface area contributed by atoms with Crippen molar-refractivity contribution in [2.75, 3.05) is 6.61 Å². The summed E-state index contributed by atoms with van der Waals surface area (Å²) in [6.45, 7) is 7.42.